The molecule has 0 atom stereocenters. The zero-order valence-corrected chi connectivity index (χ0v) is 18.9. The van der Waals surface area contributed by atoms with E-state index in [9.17, 15) is 0 Å². The summed E-state index contributed by atoms with van der Waals surface area (Å²) in [5.74, 6) is 0.823. The van der Waals surface area contributed by atoms with Crippen molar-refractivity contribution in [2.45, 2.75) is 0 Å². The minimum Gasteiger partial charge on any atom is -0.326 e. The van der Waals surface area contributed by atoms with Gasteiger partial charge in [-0.15, -0.1) is 0 Å². The first-order valence-corrected chi connectivity index (χ1v) is 11.4. The van der Waals surface area contributed by atoms with Gasteiger partial charge in [0.1, 0.15) is 0 Å². The average Bonchev–Trinajstić information content (AvgIpc) is 3.24. The van der Waals surface area contributed by atoms with E-state index in [4.69, 9.17) is 9.98 Å². The monoisotopic (exact) mass is 437 g/mol. The zero-order valence-electron chi connectivity index (χ0n) is 18.9. The number of fused-ring (bicyclic) bond motifs is 2. The summed E-state index contributed by atoms with van der Waals surface area (Å²) in [6.07, 6.45) is 1.88. The largest absolute Gasteiger partial charge is 0.326 e. The molecule has 0 bridgehead atoms. The van der Waals surface area contributed by atoms with E-state index in [0.29, 0.717) is 0 Å². The molecule has 0 aliphatic heterocycles. The number of nitrogens with zero attached hydrogens (tertiary/aromatic N) is 3. The van der Waals surface area contributed by atoms with Crippen LogP contribution in [-0.2, 0) is 7.05 Å². The lowest BCUT2D eigenvalue weighted by atomic mass is 9.98. The fraction of sp³-hybridized carbons (Fsp3) is 0.0323. The van der Waals surface area contributed by atoms with Gasteiger partial charge in [0.2, 0.25) is 0 Å². The van der Waals surface area contributed by atoms with Crippen molar-refractivity contribution in [2.24, 2.45) is 12.0 Å². The van der Waals surface area contributed by atoms with E-state index in [2.05, 4.69) is 103 Å². The van der Waals surface area contributed by atoms with Gasteiger partial charge < -0.3 is 4.57 Å². The van der Waals surface area contributed by atoms with Crippen LogP contribution in [0.4, 0.5) is 5.69 Å². The Bertz CT molecular complexity index is 1640. The molecule has 0 spiro atoms. The van der Waals surface area contributed by atoms with E-state index in [1.807, 2.05) is 30.5 Å². The Morgan fingerprint density at radius 2 is 1.26 bits per heavy atom. The predicted molar refractivity (Wildman–Crippen MR) is 143 cm³/mol. The third-order valence-corrected chi connectivity index (χ3v) is 6.31. The van der Waals surface area contributed by atoms with Crippen molar-refractivity contribution < 1.29 is 0 Å². The second kappa shape index (κ2) is 8.45. The summed E-state index contributed by atoms with van der Waals surface area (Å²) >= 11 is 0. The lowest BCUT2D eigenvalue weighted by Crippen LogP contribution is -1.97. The molecule has 0 N–H and O–H groups in total. The van der Waals surface area contributed by atoms with Gasteiger partial charge in [0.05, 0.1) is 22.9 Å². The number of aromatic nitrogens is 2. The van der Waals surface area contributed by atoms with Gasteiger partial charge in [-0.25, -0.2) is 4.98 Å². The van der Waals surface area contributed by atoms with Crippen LogP contribution in [0.15, 0.2) is 120 Å². The van der Waals surface area contributed by atoms with Crippen LogP contribution in [0, 0.1) is 0 Å². The fourth-order valence-corrected chi connectivity index (χ4v) is 4.60. The lowest BCUT2D eigenvalue weighted by molar-refractivity contribution is 0.935. The molecular weight excluding hydrogens is 414 g/mol. The van der Waals surface area contributed by atoms with Gasteiger partial charge in [0.15, 0.2) is 5.82 Å². The molecule has 1 aromatic heterocycles. The molecule has 0 aliphatic carbocycles. The Labute approximate surface area is 198 Å². The Morgan fingerprint density at radius 1 is 0.647 bits per heavy atom. The maximum atomic E-state index is 5.08. The minimum atomic E-state index is 0.823. The number of aryl methyl sites for hydroxylation is 1. The highest BCUT2D eigenvalue weighted by Gasteiger charge is 2.16. The summed E-state index contributed by atoms with van der Waals surface area (Å²) in [5.41, 5.74) is 7.64. The molecule has 0 fully saturated rings. The van der Waals surface area contributed by atoms with Crippen LogP contribution in [0.25, 0.3) is 44.1 Å². The third kappa shape index (κ3) is 3.48. The highest BCUT2D eigenvalue weighted by atomic mass is 15.1. The van der Waals surface area contributed by atoms with E-state index in [-0.39, 0.29) is 0 Å². The summed E-state index contributed by atoms with van der Waals surface area (Å²) < 4.78 is 2.15. The molecule has 162 valence electrons. The van der Waals surface area contributed by atoms with Crippen LogP contribution in [0.3, 0.4) is 0 Å². The van der Waals surface area contributed by atoms with Crippen LogP contribution in [0.5, 0.6) is 0 Å². The van der Waals surface area contributed by atoms with Crippen molar-refractivity contribution in [1.82, 2.24) is 9.55 Å². The molecule has 6 rings (SSSR count). The third-order valence-electron chi connectivity index (χ3n) is 6.31. The van der Waals surface area contributed by atoms with E-state index in [1.165, 1.54) is 10.9 Å². The van der Waals surface area contributed by atoms with Gasteiger partial charge in [0.25, 0.3) is 0 Å². The first-order valence-electron chi connectivity index (χ1n) is 11.4. The Balaban J connectivity index is 1.56. The lowest BCUT2D eigenvalue weighted by Gasteiger charge is -2.10. The maximum Gasteiger partial charge on any atom is 0.152 e. The van der Waals surface area contributed by atoms with Crippen molar-refractivity contribution in [2.75, 3.05) is 0 Å². The van der Waals surface area contributed by atoms with Crippen molar-refractivity contribution >= 4 is 33.7 Å². The quantitative estimate of drug-likeness (QED) is 0.259. The SMILES string of the molecule is Cn1c(C=Nc2cccc3ccccc23)nc2c(-c3ccccc3)ccc(-c3ccccc3)c21. The molecule has 0 saturated heterocycles. The van der Waals surface area contributed by atoms with E-state index in [1.54, 1.807) is 0 Å². The topological polar surface area (TPSA) is 30.2 Å². The molecule has 0 aliphatic rings. The summed E-state index contributed by atoms with van der Waals surface area (Å²) in [7, 11) is 2.07. The van der Waals surface area contributed by atoms with Gasteiger partial charge in [-0.05, 0) is 22.6 Å². The molecule has 5 aromatic carbocycles. The molecule has 0 saturated carbocycles. The standard InChI is InChI=1S/C31H23N3/c1-34-29(21-32-28-18-10-16-22-15-8-9-17-25(22)28)33-30-26(23-11-4-2-5-12-23)19-20-27(31(30)34)24-13-6-3-7-14-24/h2-21H,1H3. The molecule has 0 unspecified atom stereocenters. The molecule has 34 heavy (non-hydrogen) atoms. The van der Waals surface area contributed by atoms with Gasteiger partial charge in [0, 0.05) is 23.6 Å². The maximum absolute atomic E-state index is 5.08. The molecule has 0 amide bonds. The molecule has 1 heterocycles. The highest BCUT2D eigenvalue weighted by molar-refractivity contribution is 6.03. The second-order valence-corrected chi connectivity index (χ2v) is 8.38. The smallest absolute Gasteiger partial charge is 0.152 e. The van der Waals surface area contributed by atoms with Crippen molar-refractivity contribution in [3.05, 3.63) is 121 Å². The van der Waals surface area contributed by atoms with Gasteiger partial charge in [-0.3, -0.25) is 4.99 Å². The van der Waals surface area contributed by atoms with Crippen LogP contribution >= 0.6 is 0 Å². The Hall–Kier alpha value is -4.50. The van der Waals surface area contributed by atoms with Crippen LogP contribution in [0.1, 0.15) is 5.82 Å². The van der Waals surface area contributed by atoms with Crippen molar-refractivity contribution in [1.29, 1.82) is 0 Å². The summed E-state index contributed by atoms with van der Waals surface area (Å²) in [6.45, 7) is 0. The Morgan fingerprint density at radius 3 is 2.03 bits per heavy atom. The first kappa shape index (κ1) is 20.1. The zero-order chi connectivity index (χ0) is 22.9. The van der Waals surface area contributed by atoms with Crippen molar-refractivity contribution in [3.63, 3.8) is 0 Å². The molecule has 3 heteroatoms. The summed E-state index contributed by atoms with van der Waals surface area (Å²) in [6, 6.07) is 39.8. The number of rotatable bonds is 4. The minimum absolute atomic E-state index is 0.823. The summed E-state index contributed by atoms with van der Waals surface area (Å²) in [4.78, 5) is 9.94. The second-order valence-electron chi connectivity index (χ2n) is 8.38. The van der Waals surface area contributed by atoms with Crippen LogP contribution in [0.2, 0.25) is 0 Å². The van der Waals surface area contributed by atoms with E-state index >= 15 is 0 Å². The van der Waals surface area contributed by atoms with Gasteiger partial charge >= 0.3 is 0 Å². The molecule has 0 radical (unpaired) electrons. The fourth-order valence-electron chi connectivity index (χ4n) is 4.60. The number of hydrogen-bond acceptors (Lipinski definition) is 2. The normalized spacial score (nSPS) is 11.6. The summed E-state index contributed by atoms with van der Waals surface area (Å²) in [5, 5.41) is 2.31. The van der Waals surface area contributed by atoms with Gasteiger partial charge in [-0.1, -0.05) is 109 Å². The predicted octanol–water partition coefficient (Wildman–Crippen LogP) is 7.81. The molecule has 3 nitrogen and oxygen atoms in total. The average molecular weight is 438 g/mol. The first-order chi connectivity index (χ1) is 16.8. The number of imidazole rings is 1. The molecule has 6 aromatic rings. The molecular formula is C31H23N3. The van der Waals surface area contributed by atoms with Crippen LogP contribution < -0.4 is 0 Å². The number of benzene rings is 5. The number of hydrogen-bond donors (Lipinski definition) is 0. The van der Waals surface area contributed by atoms with Gasteiger partial charge in [-0.2, -0.15) is 0 Å². The van der Waals surface area contributed by atoms with Crippen molar-refractivity contribution in [3.8, 4) is 22.3 Å². The van der Waals surface area contributed by atoms with E-state index < -0.39 is 0 Å². The highest BCUT2D eigenvalue weighted by Crippen LogP contribution is 2.35. The van der Waals surface area contributed by atoms with Crippen LogP contribution in [-0.4, -0.2) is 15.8 Å². The Kier molecular flexibility index (Phi) is 5.00. The number of aliphatic imine (C=N–C) groups is 1. The van der Waals surface area contributed by atoms with E-state index in [0.717, 1.165) is 44.6 Å².